The van der Waals surface area contributed by atoms with E-state index in [2.05, 4.69) is 15.9 Å². The van der Waals surface area contributed by atoms with Crippen LogP contribution in [0.2, 0.25) is 0 Å². The van der Waals surface area contributed by atoms with Gasteiger partial charge in [-0.3, -0.25) is 10.5 Å². The first-order valence-electron chi connectivity index (χ1n) is 3.06. The van der Waals surface area contributed by atoms with E-state index in [0.29, 0.717) is 0 Å². The van der Waals surface area contributed by atoms with E-state index in [4.69, 9.17) is 5.41 Å². The van der Waals surface area contributed by atoms with Gasteiger partial charge in [0, 0.05) is 12.4 Å². The fraction of sp³-hybridized carbons (Fsp3) is 0.333. The normalized spacial score (nSPS) is 5.80. The van der Waals surface area contributed by atoms with Crippen LogP contribution in [0.3, 0.4) is 0 Å². The molecule has 4 nitrogen and oxygen atoms in total. The zero-order chi connectivity index (χ0) is 8.24. The maximum atomic E-state index is 5.86. The van der Waals surface area contributed by atoms with Crippen molar-refractivity contribution < 1.29 is 0 Å². The molecule has 0 saturated heterocycles. The van der Waals surface area contributed by atoms with Crippen molar-refractivity contribution >= 4 is 6.34 Å². The van der Waals surface area contributed by atoms with E-state index in [9.17, 15) is 0 Å². The quantitative estimate of drug-likeness (QED) is 0.373. The number of hydrogen-bond acceptors (Lipinski definition) is 2. The van der Waals surface area contributed by atoms with E-state index in [1.165, 1.54) is 0 Å². The summed E-state index contributed by atoms with van der Waals surface area (Å²) >= 11 is 0. The van der Waals surface area contributed by atoms with Crippen molar-refractivity contribution in [2.75, 3.05) is 0 Å². The van der Waals surface area contributed by atoms with Crippen LogP contribution in [0.15, 0.2) is 18.5 Å². The van der Waals surface area contributed by atoms with Gasteiger partial charge in [0.25, 0.3) is 0 Å². The third kappa shape index (κ3) is 15.9. The second-order valence-corrected chi connectivity index (χ2v) is 0.933. The molecule has 0 aliphatic heterocycles. The number of aromatic amines is 1. The number of hydrogen-bond donors (Lipinski definition) is 3. The van der Waals surface area contributed by atoms with Crippen LogP contribution in [0.4, 0.5) is 0 Å². The molecule has 0 aliphatic carbocycles. The number of nitrogens with one attached hydrogen (secondary N) is 2. The summed E-state index contributed by atoms with van der Waals surface area (Å²) in [5, 5.41) is 12.1. The minimum Gasteiger partial charge on any atom is -0.390 e. The first-order valence-corrected chi connectivity index (χ1v) is 3.06. The molecule has 0 aliphatic rings. The van der Waals surface area contributed by atoms with E-state index >= 15 is 0 Å². The van der Waals surface area contributed by atoms with Crippen molar-refractivity contribution in [1.29, 1.82) is 5.41 Å². The van der Waals surface area contributed by atoms with E-state index in [0.717, 1.165) is 6.34 Å². The Labute approximate surface area is 61.0 Å². The van der Waals surface area contributed by atoms with Gasteiger partial charge in [-0.15, -0.1) is 0 Å². The van der Waals surface area contributed by atoms with Crippen LogP contribution in [0.25, 0.3) is 0 Å². The molecular weight excluding hydrogens is 128 g/mol. The van der Waals surface area contributed by atoms with Crippen molar-refractivity contribution in [3.63, 3.8) is 0 Å². The highest BCUT2D eigenvalue weighted by Gasteiger charge is 1.56. The molecular formula is C6H14N4. The van der Waals surface area contributed by atoms with E-state index < -0.39 is 0 Å². The fourth-order valence-corrected chi connectivity index (χ4v) is 0.215. The van der Waals surface area contributed by atoms with Crippen LogP contribution in [-0.2, 0) is 0 Å². The van der Waals surface area contributed by atoms with E-state index in [1.54, 1.807) is 12.4 Å². The highest BCUT2D eigenvalue weighted by molar-refractivity contribution is 5.46. The summed E-state index contributed by atoms with van der Waals surface area (Å²) in [5.74, 6) is 0. The lowest BCUT2D eigenvalue weighted by Gasteiger charge is -1.49. The van der Waals surface area contributed by atoms with Gasteiger partial charge in [0.15, 0.2) is 0 Å². The summed E-state index contributed by atoms with van der Waals surface area (Å²) < 4.78 is 0. The van der Waals surface area contributed by atoms with Gasteiger partial charge in [-0.25, -0.2) is 0 Å². The molecule has 0 atom stereocenters. The van der Waals surface area contributed by atoms with Gasteiger partial charge in [0.2, 0.25) is 0 Å². The molecule has 4 N–H and O–H groups in total. The van der Waals surface area contributed by atoms with Gasteiger partial charge in [-0.1, -0.05) is 13.8 Å². The summed E-state index contributed by atoms with van der Waals surface area (Å²) in [4.78, 5) is 0. The van der Waals surface area contributed by atoms with Gasteiger partial charge < -0.3 is 5.73 Å². The molecule has 1 aromatic rings. The molecule has 0 amide bonds. The van der Waals surface area contributed by atoms with Crippen molar-refractivity contribution in [3.8, 4) is 0 Å². The molecule has 1 rings (SSSR count). The zero-order valence-corrected chi connectivity index (χ0v) is 6.33. The summed E-state index contributed by atoms with van der Waals surface area (Å²) in [5.41, 5.74) is 4.39. The van der Waals surface area contributed by atoms with Gasteiger partial charge in [-0.2, -0.15) is 5.10 Å². The Morgan fingerprint density at radius 2 is 2.10 bits per heavy atom. The number of aromatic nitrogens is 2. The van der Waals surface area contributed by atoms with E-state index in [-0.39, 0.29) is 0 Å². The van der Waals surface area contributed by atoms with Gasteiger partial charge in [0.05, 0.1) is 6.34 Å². The maximum Gasteiger partial charge on any atom is 0.0765 e. The first-order chi connectivity index (χ1) is 4.91. The molecule has 58 valence electrons. The molecule has 0 aromatic carbocycles. The van der Waals surface area contributed by atoms with Gasteiger partial charge in [-0.05, 0) is 6.07 Å². The number of nitrogens with two attached hydrogens (primary N) is 1. The monoisotopic (exact) mass is 142 g/mol. The lowest BCUT2D eigenvalue weighted by atomic mass is 10.8. The summed E-state index contributed by atoms with van der Waals surface area (Å²) in [7, 11) is 0. The average molecular weight is 142 g/mol. The van der Waals surface area contributed by atoms with Crippen LogP contribution >= 0.6 is 0 Å². The van der Waals surface area contributed by atoms with Crippen molar-refractivity contribution in [2.24, 2.45) is 5.73 Å². The highest BCUT2D eigenvalue weighted by atomic mass is 15.1. The molecule has 10 heavy (non-hydrogen) atoms. The van der Waals surface area contributed by atoms with Crippen LogP contribution in [0, 0.1) is 5.41 Å². The Hall–Kier alpha value is -1.32. The number of nitrogens with zero attached hydrogens (tertiary/aromatic N) is 1. The average Bonchev–Trinajstić information content (AvgIpc) is 2.48. The molecule has 1 heterocycles. The second kappa shape index (κ2) is 15.6. The van der Waals surface area contributed by atoms with Crippen molar-refractivity contribution in [3.05, 3.63) is 18.5 Å². The van der Waals surface area contributed by atoms with Crippen LogP contribution in [-0.4, -0.2) is 16.5 Å². The molecule has 0 fully saturated rings. The molecule has 4 heteroatoms. The lowest BCUT2D eigenvalue weighted by molar-refractivity contribution is 1.09. The molecule has 0 saturated carbocycles. The van der Waals surface area contributed by atoms with E-state index in [1.807, 2.05) is 19.9 Å². The number of rotatable bonds is 0. The van der Waals surface area contributed by atoms with Gasteiger partial charge >= 0.3 is 0 Å². The topological polar surface area (TPSA) is 78.6 Å². The molecule has 0 radical (unpaired) electrons. The Kier molecular flexibility index (Phi) is 18.0. The Morgan fingerprint density at radius 3 is 2.20 bits per heavy atom. The predicted molar refractivity (Wildman–Crippen MR) is 42.9 cm³/mol. The lowest BCUT2D eigenvalue weighted by Crippen LogP contribution is -1.81. The Bertz CT molecular complexity index is 96.1. The molecule has 0 bridgehead atoms. The largest absolute Gasteiger partial charge is 0.390 e. The van der Waals surface area contributed by atoms with Crippen LogP contribution in [0.1, 0.15) is 13.8 Å². The minimum absolute atomic E-state index is 0.750. The molecule has 1 aromatic heterocycles. The summed E-state index contributed by atoms with van der Waals surface area (Å²) in [6.45, 7) is 4.00. The summed E-state index contributed by atoms with van der Waals surface area (Å²) in [6.07, 6.45) is 4.21. The SMILES string of the molecule is CC.N=CN.c1cn[nH]c1. The smallest absolute Gasteiger partial charge is 0.0765 e. The Balaban J connectivity index is 0. The standard InChI is InChI=1S/C3H4N2.C2H6.CH4N2/c1-2-4-5-3-1;1-2;2-1-3/h1-3H,(H,4,5);1-2H3;1H,(H3,2,3). The second-order valence-electron chi connectivity index (χ2n) is 0.933. The Morgan fingerprint density at radius 1 is 1.60 bits per heavy atom. The zero-order valence-electron chi connectivity index (χ0n) is 6.33. The number of H-pyrrole nitrogens is 1. The van der Waals surface area contributed by atoms with Crippen LogP contribution < -0.4 is 5.73 Å². The molecule has 0 spiro atoms. The first kappa shape index (κ1) is 11.5. The predicted octanol–water partition coefficient (Wildman–Crippen LogP) is 0.988. The van der Waals surface area contributed by atoms with Gasteiger partial charge in [0.1, 0.15) is 0 Å². The molecule has 0 unspecified atom stereocenters. The fourth-order valence-electron chi connectivity index (χ4n) is 0.215. The third-order valence-electron chi connectivity index (χ3n) is 0.406. The van der Waals surface area contributed by atoms with Crippen molar-refractivity contribution in [1.82, 2.24) is 10.2 Å². The summed E-state index contributed by atoms with van der Waals surface area (Å²) in [6, 6.07) is 1.83. The van der Waals surface area contributed by atoms with Crippen molar-refractivity contribution in [2.45, 2.75) is 13.8 Å². The minimum atomic E-state index is 0.750. The highest BCUT2D eigenvalue weighted by Crippen LogP contribution is 1.64. The van der Waals surface area contributed by atoms with Crippen LogP contribution in [0.5, 0.6) is 0 Å². The third-order valence-corrected chi connectivity index (χ3v) is 0.406. The maximum absolute atomic E-state index is 5.86.